The minimum Gasteiger partial charge on any atom is -0.473 e. The van der Waals surface area contributed by atoms with Crippen molar-refractivity contribution in [2.24, 2.45) is 0 Å². The number of aryl methyl sites for hydroxylation is 1. The fourth-order valence-electron chi connectivity index (χ4n) is 3.35. The van der Waals surface area contributed by atoms with E-state index in [0.717, 1.165) is 22.0 Å². The third kappa shape index (κ3) is 4.49. The highest BCUT2D eigenvalue weighted by Gasteiger charge is 2.16. The van der Waals surface area contributed by atoms with Crippen LogP contribution >= 0.6 is 0 Å². The molecular weight excluding hydrogens is 372 g/mol. The number of amides is 1. The van der Waals surface area contributed by atoms with Gasteiger partial charge >= 0.3 is 0 Å². The summed E-state index contributed by atoms with van der Waals surface area (Å²) in [6.07, 6.45) is 0. The third-order valence-electron chi connectivity index (χ3n) is 5.09. The van der Waals surface area contributed by atoms with Crippen LogP contribution in [0.3, 0.4) is 0 Å². The molecular formula is C26H24N2O2. The van der Waals surface area contributed by atoms with Crippen molar-refractivity contribution >= 4 is 16.8 Å². The van der Waals surface area contributed by atoms with E-state index in [-0.39, 0.29) is 11.9 Å². The summed E-state index contributed by atoms with van der Waals surface area (Å²) >= 11 is 0. The van der Waals surface area contributed by atoms with E-state index in [1.165, 1.54) is 5.56 Å². The van der Waals surface area contributed by atoms with Gasteiger partial charge in [-0.2, -0.15) is 0 Å². The summed E-state index contributed by atoms with van der Waals surface area (Å²) in [5, 5.41) is 3.89. The summed E-state index contributed by atoms with van der Waals surface area (Å²) in [5.74, 6) is 0.289. The summed E-state index contributed by atoms with van der Waals surface area (Å²) < 4.78 is 5.93. The van der Waals surface area contributed by atoms with Crippen LogP contribution in [0.1, 0.15) is 40.0 Å². The van der Waals surface area contributed by atoms with Crippen LogP contribution in [0.2, 0.25) is 0 Å². The molecule has 1 aromatic heterocycles. The van der Waals surface area contributed by atoms with E-state index in [1.807, 2.05) is 73.7 Å². The molecule has 0 aliphatic carbocycles. The largest absolute Gasteiger partial charge is 0.473 e. The number of hydrogen-bond donors (Lipinski definition) is 1. The summed E-state index contributed by atoms with van der Waals surface area (Å²) in [6, 6.07) is 27.3. The van der Waals surface area contributed by atoms with Gasteiger partial charge in [0, 0.05) is 11.5 Å². The Bertz CT molecular complexity index is 1150. The normalized spacial score (nSPS) is 11.8. The maximum Gasteiger partial charge on any atom is 0.252 e. The highest BCUT2D eigenvalue weighted by atomic mass is 16.5. The van der Waals surface area contributed by atoms with Crippen LogP contribution in [0.4, 0.5) is 0 Å². The molecule has 4 heteroatoms. The fourth-order valence-corrected chi connectivity index (χ4v) is 3.35. The monoisotopic (exact) mass is 396 g/mol. The first-order valence-corrected chi connectivity index (χ1v) is 10.0. The predicted molar refractivity (Wildman–Crippen MR) is 120 cm³/mol. The maximum absolute atomic E-state index is 13.1. The molecule has 0 spiro atoms. The maximum atomic E-state index is 13.1. The Kier molecular flexibility index (Phi) is 5.75. The van der Waals surface area contributed by atoms with E-state index >= 15 is 0 Å². The van der Waals surface area contributed by atoms with Crippen LogP contribution in [0.25, 0.3) is 10.9 Å². The summed E-state index contributed by atoms with van der Waals surface area (Å²) in [5.41, 5.74) is 4.60. The van der Waals surface area contributed by atoms with E-state index in [1.54, 1.807) is 6.07 Å². The predicted octanol–water partition coefficient (Wildman–Crippen LogP) is 5.61. The molecule has 4 aromatic rings. The van der Waals surface area contributed by atoms with E-state index in [4.69, 9.17) is 4.74 Å². The second kappa shape index (κ2) is 8.78. The summed E-state index contributed by atoms with van der Waals surface area (Å²) in [7, 11) is 0. The lowest BCUT2D eigenvalue weighted by molar-refractivity contribution is 0.0941. The van der Waals surface area contributed by atoms with Gasteiger partial charge in [-0.15, -0.1) is 0 Å². The molecule has 4 rings (SSSR count). The molecule has 1 N–H and O–H groups in total. The van der Waals surface area contributed by atoms with Crippen molar-refractivity contribution in [2.75, 3.05) is 0 Å². The van der Waals surface area contributed by atoms with Crippen LogP contribution in [-0.2, 0) is 6.61 Å². The number of nitrogens with one attached hydrogen (secondary N) is 1. The highest BCUT2D eigenvalue weighted by Crippen LogP contribution is 2.24. The third-order valence-corrected chi connectivity index (χ3v) is 5.09. The minimum absolute atomic E-state index is 0.109. The topological polar surface area (TPSA) is 51.2 Å². The van der Waals surface area contributed by atoms with Gasteiger partial charge in [0.25, 0.3) is 5.91 Å². The average Bonchev–Trinajstić information content (AvgIpc) is 2.78. The zero-order chi connectivity index (χ0) is 20.9. The van der Waals surface area contributed by atoms with Crippen LogP contribution in [0.5, 0.6) is 5.88 Å². The summed E-state index contributed by atoms with van der Waals surface area (Å²) in [6.45, 7) is 4.43. The molecule has 1 amide bonds. The Labute approximate surface area is 176 Å². The molecule has 0 fully saturated rings. The first-order chi connectivity index (χ1) is 14.6. The summed E-state index contributed by atoms with van der Waals surface area (Å²) in [4.78, 5) is 17.7. The number of rotatable bonds is 6. The van der Waals surface area contributed by atoms with Gasteiger partial charge in [-0.25, -0.2) is 4.98 Å². The second-order valence-corrected chi connectivity index (χ2v) is 7.41. The average molecular weight is 396 g/mol. The SMILES string of the molecule is Cc1ccc(COc2cc(C(=O)NC(C)c3ccccc3)c3ccccc3n2)cc1. The number of aromatic nitrogens is 1. The lowest BCUT2D eigenvalue weighted by Crippen LogP contribution is -2.27. The Hall–Kier alpha value is -3.66. The molecule has 1 unspecified atom stereocenters. The molecule has 0 aliphatic rings. The zero-order valence-corrected chi connectivity index (χ0v) is 17.1. The Morgan fingerprint density at radius 3 is 2.43 bits per heavy atom. The molecule has 0 radical (unpaired) electrons. The molecule has 0 aliphatic heterocycles. The van der Waals surface area contributed by atoms with Gasteiger partial charge in [0.1, 0.15) is 6.61 Å². The van der Waals surface area contributed by atoms with Crippen molar-refractivity contribution in [3.05, 3.63) is 107 Å². The van der Waals surface area contributed by atoms with Crippen molar-refractivity contribution in [3.8, 4) is 5.88 Å². The van der Waals surface area contributed by atoms with Gasteiger partial charge < -0.3 is 10.1 Å². The number of carbonyl (C=O) groups excluding carboxylic acids is 1. The number of fused-ring (bicyclic) bond motifs is 1. The number of benzene rings is 3. The van der Waals surface area contributed by atoms with Gasteiger partial charge in [-0.1, -0.05) is 78.4 Å². The van der Waals surface area contributed by atoms with Gasteiger partial charge in [0.05, 0.1) is 17.1 Å². The van der Waals surface area contributed by atoms with Gasteiger partial charge in [-0.05, 0) is 31.0 Å². The van der Waals surface area contributed by atoms with E-state index in [9.17, 15) is 4.79 Å². The van der Waals surface area contributed by atoms with Crippen molar-refractivity contribution in [1.82, 2.24) is 10.3 Å². The van der Waals surface area contributed by atoms with Crippen molar-refractivity contribution in [1.29, 1.82) is 0 Å². The molecule has 30 heavy (non-hydrogen) atoms. The number of pyridine rings is 1. The lowest BCUT2D eigenvalue weighted by Gasteiger charge is -2.16. The van der Waals surface area contributed by atoms with Crippen LogP contribution in [0.15, 0.2) is 84.9 Å². The van der Waals surface area contributed by atoms with Crippen LogP contribution in [0, 0.1) is 6.92 Å². The van der Waals surface area contributed by atoms with Gasteiger partial charge in [-0.3, -0.25) is 4.79 Å². The van der Waals surface area contributed by atoms with Crippen molar-refractivity contribution in [2.45, 2.75) is 26.5 Å². The van der Waals surface area contributed by atoms with Crippen LogP contribution in [-0.4, -0.2) is 10.9 Å². The molecule has 4 nitrogen and oxygen atoms in total. The zero-order valence-electron chi connectivity index (χ0n) is 17.1. The first-order valence-electron chi connectivity index (χ1n) is 10.0. The fraction of sp³-hybridized carbons (Fsp3) is 0.154. The quantitative estimate of drug-likeness (QED) is 0.461. The second-order valence-electron chi connectivity index (χ2n) is 7.41. The molecule has 3 aromatic carbocycles. The molecule has 1 atom stereocenters. The molecule has 150 valence electrons. The number of hydrogen-bond acceptors (Lipinski definition) is 3. The Balaban J connectivity index is 1.59. The van der Waals surface area contributed by atoms with Gasteiger partial charge in [0.2, 0.25) is 5.88 Å². The highest BCUT2D eigenvalue weighted by molar-refractivity contribution is 6.06. The Morgan fingerprint density at radius 1 is 0.967 bits per heavy atom. The Morgan fingerprint density at radius 2 is 1.67 bits per heavy atom. The van der Waals surface area contributed by atoms with Crippen molar-refractivity contribution < 1.29 is 9.53 Å². The number of nitrogens with zero attached hydrogens (tertiary/aromatic N) is 1. The number of para-hydroxylation sites is 1. The standard InChI is InChI=1S/C26H24N2O2/c1-18-12-14-20(15-13-18)17-30-25-16-23(22-10-6-7-11-24(22)28-25)26(29)27-19(2)21-8-4-3-5-9-21/h3-16,19H,17H2,1-2H3,(H,27,29). The smallest absolute Gasteiger partial charge is 0.252 e. The van der Waals surface area contributed by atoms with Crippen LogP contribution < -0.4 is 10.1 Å². The van der Waals surface area contributed by atoms with E-state index in [2.05, 4.69) is 29.4 Å². The minimum atomic E-state index is -0.148. The molecule has 0 saturated carbocycles. The molecule has 1 heterocycles. The van der Waals surface area contributed by atoms with Gasteiger partial charge in [0.15, 0.2) is 0 Å². The first kappa shape index (κ1) is 19.6. The van der Waals surface area contributed by atoms with E-state index in [0.29, 0.717) is 18.1 Å². The molecule has 0 saturated heterocycles. The van der Waals surface area contributed by atoms with Crippen molar-refractivity contribution in [3.63, 3.8) is 0 Å². The molecule has 0 bridgehead atoms. The number of ether oxygens (including phenoxy) is 1. The van der Waals surface area contributed by atoms with E-state index < -0.39 is 0 Å². The number of carbonyl (C=O) groups is 1. The lowest BCUT2D eigenvalue weighted by atomic mass is 10.1.